The first-order valence-electron chi connectivity index (χ1n) is 7.88. The fraction of sp³-hybridized carbons (Fsp3) is 0.412. The van der Waals surface area contributed by atoms with E-state index in [9.17, 15) is 0 Å². The first kappa shape index (κ1) is 12.4. The van der Waals surface area contributed by atoms with Crippen molar-refractivity contribution in [1.82, 2.24) is 9.88 Å². The third kappa shape index (κ3) is 1.82. The molecular formula is C17H18N4O. The van der Waals surface area contributed by atoms with E-state index in [4.69, 9.17) is 4.74 Å². The molecule has 1 spiro atoms. The lowest BCUT2D eigenvalue weighted by atomic mass is 9.88. The van der Waals surface area contributed by atoms with Crippen molar-refractivity contribution in [3.05, 3.63) is 36.5 Å². The predicted molar refractivity (Wildman–Crippen MR) is 86.0 cm³/mol. The second-order valence-corrected chi connectivity index (χ2v) is 6.55. The van der Waals surface area contributed by atoms with Gasteiger partial charge >= 0.3 is 0 Å². The molecule has 3 atom stereocenters. The molecular weight excluding hydrogens is 276 g/mol. The Morgan fingerprint density at radius 2 is 2.18 bits per heavy atom. The van der Waals surface area contributed by atoms with Crippen molar-refractivity contribution >= 4 is 22.6 Å². The molecule has 5 nitrogen and oxygen atoms in total. The van der Waals surface area contributed by atoms with Crippen molar-refractivity contribution in [3.63, 3.8) is 0 Å². The number of aromatic nitrogens is 1. The van der Waals surface area contributed by atoms with Gasteiger partial charge in [0.05, 0.1) is 6.54 Å². The minimum absolute atomic E-state index is 0.0859. The van der Waals surface area contributed by atoms with Crippen LogP contribution in [-0.4, -0.2) is 47.7 Å². The maximum atomic E-state index is 6.22. The number of aliphatic imine (C=N–C) groups is 1. The Bertz CT molecular complexity index is 774. The highest BCUT2D eigenvalue weighted by Gasteiger charge is 2.54. The van der Waals surface area contributed by atoms with Gasteiger partial charge in [-0.3, -0.25) is 10.2 Å². The van der Waals surface area contributed by atoms with Crippen LogP contribution in [-0.2, 0) is 4.74 Å². The molecule has 3 aliphatic rings. The molecule has 4 heterocycles. The van der Waals surface area contributed by atoms with E-state index in [1.165, 1.54) is 18.4 Å². The molecule has 22 heavy (non-hydrogen) atoms. The summed E-state index contributed by atoms with van der Waals surface area (Å²) in [6, 6.07) is 10.9. The Balaban J connectivity index is 1.36. The average molecular weight is 294 g/mol. The first-order chi connectivity index (χ1) is 10.8. The fourth-order valence-electron chi connectivity index (χ4n) is 4.00. The molecule has 112 valence electrons. The zero-order valence-corrected chi connectivity index (χ0v) is 12.3. The lowest BCUT2D eigenvalue weighted by Crippen LogP contribution is -2.46. The van der Waals surface area contributed by atoms with Crippen molar-refractivity contribution in [2.75, 3.05) is 31.5 Å². The minimum Gasteiger partial charge on any atom is -0.455 e. The van der Waals surface area contributed by atoms with Crippen LogP contribution in [0.3, 0.4) is 0 Å². The minimum atomic E-state index is -0.0859. The Labute approximate surface area is 129 Å². The van der Waals surface area contributed by atoms with Crippen molar-refractivity contribution < 1.29 is 4.74 Å². The van der Waals surface area contributed by atoms with Gasteiger partial charge in [-0.05, 0) is 24.4 Å². The Morgan fingerprint density at radius 3 is 3.00 bits per heavy atom. The number of nitrogens with one attached hydrogen (secondary N) is 1. The lowest BCUT2D eigenvalue weighted by Gasteiger charge is -2.32. The van der Waals surface area contributed by atoms with Gasteiger partial charge in [0, 0.05) is 30.6 Å². The summed E-state index contributed by atoms with van der Waals surface area (Å²) in [6.07, 6.45) is 3.11. The molecule has 3 unspecified atom stereocenters. The van der Waals surface area contributed by atoms with Gasteiger partial charge in [-0.1, -0.05) is 24.3 Å². The van der Waals surface area contributed by atoms with E-state index in [-0.39, 0.29) is 5.60 Å². The van der Waals surface area contributed by atoms with E-state index in [2.05, 4.69) is 32.3 Å². The topological polar surface area (TPSA) is 49.8 Å². The Kier molecular flexibility index (Phi) is 2.50. The number of hydrogen-bond donors (Lipinski definition) is 1. The van der Waals surface area contributed by atoms with E-state index in [0.29, 0.717) is 11.9 Å². The van der Waals surface area contributed by atoms with E-state index >= 15 is 0 Å². The predicted octanol–water partition coefficient (Wildman–Crippen LogP) is 2.11. The van der Waals surface area contributed by atoms with E-state index in [1.54, 1.807) is 0 Å². The summed E-state index contributed by atoms with van der Waals surface area (Å²) in [5.74, 6) is 1.41. The molecule has 0 amide bonds. The molecule has 2 aromatic rings. The van der Waals surface area contributed by atoms with E-state index in [1.807, 2.05) is 24.4 Å². The molecule has 1 aromatic carbocycles. The number of pyridine rings is 1. The summed E-state index contributed by atoms with van der Waals surface area (Å²) < 4.78 is 6.22. The second-order valence-electron chi connectivity index (χ2n) is 6.55. The molecule has 2 bridgehead atoms. The van der Waals surface area contributed by atoms with Gasteiger partial charge in [0.25, 0.3) is 6.02 Å². The fourth-order valence-corrected chi connectivity index (χ4v) is 4.00. The summed E-state index contributed by atoms with van der Waals surface area (Å²) in [4.78, 5) is 11.5. The molecule has 2 fully saturated rings. The highest BCUT2D eigenvalue weighted by Crippen LogP contribution is 2.41. The number of benzene rings is 1. The van der Waals surface area contributed by atoms with Gasteiger partial charge in [-0.15, -0.1) is 0 Å². The highest BCUT2D eigenvalue weighted by molar-refractivity contribution is 5.92. The summed E-state index contributed by atoms with van der Waals surface area (Å²) >= 11 is 0. The highest BCUT2D eigenvalue weighted by atomic mass is 16.5. The normalized spacial score (nSPS) is 32.5. The largest absolute Gasteiger partial charge is 0.455 e. The Morgan fingerprint density at radius 1 is 1.27 bits per heavy atom. The van der Waals surface area contributed by atoms with Crippen LogP contribution in [0.15, 0.2) is 41.5 Å². The molecule has 2 saturated heterocycles. The van der Waals surface area contributed by atoms with Crippen LogP contribution in [0.5, 0.6) is 0 Å². The zero-order chi connectivity index (χ0) is 14.6. The van der Waals surface area contributed by atoms with Crippen LogP contribution in [0.4, 0.5) is 5.82 Å². The van der Waals surface area contributed by atoms with Crippen LogP contribution in [0.2, 0.25) is 0 Å². The molecule has 5 rings (SSSR count). The average Bonchev–Trinajstić information content (AvgIpc) is 3.24. The molecule has 1 N–H and O–H groups in total. The maximum absolute atomic E-state index is 6.22. The van der Waals surface area contributed by atoms with Crippen molar-refractivity contribution in [2.45, 2.75) is 12.0 Å². The standard InChI is InChI=1S/C17H18N4O/c1-2-4-13-8-18-15(7-12(13)3-1)20-16-19-10-17(22-16)11-21-6-5-14(17)9-21/h1-4,7-8,14H,5-6,9-11H2,(H,18,19,20). The van der Waals surface area contributed by atoms with Crippen LogP contribution in [0.25, 0.3) is 10.8 Å². The number of fused-ring (bicyclic) bond motifs is 4. The number of anilines is 1. The van der Waals surface area contributed by atoms with Gasteiger partial charge in [-0.2, -0.15) is 0 Å². The van der Waals surface area contributed by atoms with Crippen LogP contribution >= 0.6 is 0 Å². The van der Waals surface area contributed by atoms with Gasteiger partial charge in [0.1, 0.15) is 11.4 Å². The number of rotatable bonds is 1. The summed E-state index contributed by atoms with van der Waals surface area (Å²) in [5, 5.41) is 5.55. The second kappa shape index (κ2) is 4.43. The summed E-state index contributed by atoms with van der Waals surface area (Å²) in [6.45, 7) is 4.16. The van der Waals surface area contributed by atoms with E-state index < -0.39 is 0 Å². The molecule has 3 aliphatic heterocycles. The summed E-state index contributed by atoms with van der Waals surface area (Å²) in [5.41, 5.74) is -0.0859. The number of piperidine rings is 1. The maximum Gasteiger partial charge on any atom is 0.291 e. The smallest absolute Gasteiger partial charge is 0.291 e. The number of amidine groups is 1. The SMILES string of the molecule is c1ccc2cc(NC3=NCC4(CN5CCC4C5)O3)ncc2c1. The number of nitrogens with zero attached hydrogens (tertiary/aromatic N) is 3. The van der Waals surface area contributed by atoms with Crippen LogP contribution in [0, 0.1) is 5.92 Å². The lowest BCUT2D eigenvalue weighted by molar-refractivity contribution is 0.0364. The first-order valence-corrected chi connectivity index (χ1v) is 7.88. The van der Waals surface area contributed by atoms with Crippen LogP contribution in [0.1, 0.15) is 6.42 Å². The van der Waals surface area contributed by atoms with E-state index in [0.717, 1.165) is 30.8 Å². The zero-order valence-electron chi connectivity index (χ0n) is 12.3. The molecule has 0 saturated carbocycles. The van der Waals surface area contributed by atoms with Crippen molar-refractivity contribution in [1.29, 1.82) is 0 Å². The molecule has 5 heteroatoms. The van der Waals surface area contributed by atoms with Crippen molar-refractivity contribution in [2.24, 2.45) is 10.9 Å². The monoisotopic (exact) mass is 294 g/mol. The molecule has 0 radical (unpaired) electrons. The van der Waals surface area contributed by atoms with Gasteiger partial charge < -0.3 is 4.74 Å². The quantitative estimate of drug-likeness (QED) is 0.875. The molecule has 1 aromatic heterocycles. The van der Waals surface area contributed by atoms with Gasteiger partial charge in [-0.25, -0.2) is 9.98 Å². The number of ether oxygens (including phenoxy) is 1. The number of hydrogen-bond acceptors (Lipinski definition) is 5. The third-order valence-corrected chi connectivity index (χ3v) is 5.16. The Hall–Kier alpha value is -2.14. The summed E-state index contributed by atoms with van der Waals surface area (Å²) in [7, 11) is 0. The van der Waals surface area contributed by atoms with Crippen LogP contribution < -0.4 is 5.32 Å². The van der Waals surface area contributed by atoms with Gasteiger partial charge in [0.2, 0.25) is 0 Å². The molecule has 0 aliphatic carbocycles. The van der Waals surface area contributed by atoms with Gasteiger partial charge in [0.15, 0.2) is 0 Å². The third-order valence-electron chi connectivity index (χ3n) is 5.16. The van der Waals surface area contributed by atoms with Crippen molar-refractivity contribution in [3.8, 4) is 0 Å².